The average Bonchev–Trinajstić information content (AvgIpc) is 2.64. The Morgan fingerprint density at radius 3 is 2.25 bits per heavy atom. The van der Waals surface area contributed by atoms with Gasteiger partial charge in [-0.3, -0.25) is 9.59 Å². The van der Waals surface area contributed by atoms with Crippen LogP contribution in [0.2, 0.25) is 0 Å². The number of aliphatic hydroxyl groups is 2. The van der Waals surface area contributed by atoms with E-state index >= 15 is 0 Å². The number of aliphatic hydroxyl groups excluding tert-OH is 1. The van der Waals surface area contributed by atoms with Gasteiger partial charge in [-0.25, -0.2) is 4.79 Å². The van der Waals surface area contributed by atoms with Crippen molar-refractivity contribution in [3.8, 4) is 0 Å². The first-order valence-corrected chi connectivity index (χ1v) is 8.32. The SMILES string of the molecule is CC1C(=O)C(C)C2(C)C13CC(OC(=O)C3O)C(C)(O)C21COC1=O. The number of ether oxygens (including phenoxy) is 2. The van der Waals surface area contributed by atoms with Gasteiger partial charge >= 0.3 is 11.9 Å². The third kappa shape index (κ3) is 1.15. The van der Waals surface area contributed by atoms with E-state index in [9.17, 15) is 24.6 Å². The largest absolute Gasteiger partial charge is 0.464 e. The first-order valence-electron chi connectivity index (χ1n) is 8.32. The van der Waals surface area contributed by atoms with Crippen molar-refractivity contribution in [2.45, 2.75) is 51.9 Å². The lowest BCUT2D eigenvalue weighted by Gasteiger charge is -2.70. The van der Waals surface area contributed by atoms with Gasteiger partial charge in [-0.15, -0.1) is 0 Å². The predicted molar refractivity (Wildman–Crippen MR) is 78.4 cm³/mol. The van der Waals surface area contributed by atoms with Crippen LogP contribution in [0, 0.1) is 28.1 Å². The third-order valence-electron chi connectivity index (χ3n) is 8.10. The van der Waals surface area contributed by atoms with Gasteiger partial charge in [0.2, 0.25) is 0 Å². The fourth-order valence-corrected chi connectivity index (χ4v) is 6.42. The van der Waals surface area contributed by atoms with Crippen LogP contribution in [0.5, 0.6) is 0 Å². The van der Waals surface area contributed by atoms with E-state index < -0.39 is 57.8 Å². The molecule has 0 radical (unpaired) electrons. The molecule has 8 atom stereocenters. The fourth-order valence-electron chi connectivity index (χ4n) is 6.42. The zero-order valence-electron chi connectivity index (χ0n) is 14.2. The molecule has 4 fully saturated rings. The summed E-state index contributed by atoms with van der Waals surface area (Å²) in [6, 6.07) is 0. The van der Waals surface area contributed by atoms with Gasteiger partial charge in [0.05, 0.1) is 0 Å². The number of cyclic esters (lactones) is 1. The summed E-state index contributed by atoms with van der Waals surface area (Å²) in [5.41, 5.74) is -5.31. The predicted octanol–water partition coefficient (Wildman–Crippen LogP) is -0.182. The Morgan fingerprint density at radius 1 is 1.12 bits per heavy atom. The summed E-state index contributed by atoms with van der Waals surface area (Å²) in [6.45, 7) is 6.57. The van der Waals surface area contributed by atoms with Crippen LogP contribution in [0.3, 0.4) is 0 Å². The second kappa shape index (κ2) is 4.02. The lowest BCUT2D eigenvalue weighted by atomic mass is 9.36. The summed E-state index contributed by atoms with van der Waals surface area (Å²) in [7, 11) is 0. The summed E-state index contributed by atoms with van der Waals surface area (Å²) < 4.78 is 10.3. The molecule has 2 saturated heterocycles. The Bertz CT molecular complexity index is 678. The van der Waals surface area contributed by atoms with E-state index in [0.717, 1.165) is 0 Å². The maximum atomic E-state index is 12.9. The van der Waals surface area contributed by atoms with Gasteiger partial charge in [0, 0.05) is 22.7 Å². The summed E-state index contributed by atoms with van der Waals surface area (Å²) in [5, 5.41) is 22.0. The topological polar surface area (TPSA) is 110 Å². The molecular formula is C17H22O7. The first-order chi connectivity index (χ1) is 11.0. The Morgan fingerprint density at radius 2 is 1.75 bits per heavy atom. The Hall–Kier alpha value is -1.47. The second-order valence-electron chi connectivity index (χ2n) is 8.25. The number of esters is 2. The smallest absolute Gasteiger partial charge is 0.335 e. The van der Waals surface area contributed by atoms with Gasteiger partial charge in [0.25, 0.3) is 0 Å². The lowest BCUT2D eigenvalue weighted by molar-refractivity contribution is -0.345. The summed E-state index contributed by atoms with van der Waals surface area (Å²) in [6.07, 6.45) is -2.32. The van der Waals surface area contributed by atoms with Gasteiger partial charge in [0.1, 0.15) is 29.5 Å². The van der Waals surface area contributed by atoms with E-state index in [4.69, 9.17) is 9.47 Å². The molecule has 8 unspecified atom stereocenters. The van der Waals surface area contributed by atoms with Crippen LogP contribution in [-0.2, 0) is 23.9 Å². The Kier molecular flexibility index (Phi) is 2.68. The minimum Gasteiger partial charge on any atom is -0.464 e. The molecule has 2 spiro atoms. The highest BCUT2D eigenvalue weighted by molar-refractivity contribution is 5.95. The van der Waals surface area contributed by atoms with Crippen molar-refractivity contribution < 1.29 is 34.1 Å². The Balaban J connectivity index is 2.08. The monoisotopic (exact) mass is 338 g/mol. The Labute approximate surface area is 139 Å². The molecule has 2 saturated carbocycles. The normalized spacial score (nSPS) is 58.8. The van der Waals surface area contributed by atoms with E-state index in [2.05, 4.69) is 0 Å². The molecule has 4 aliphatic rings. The number of carbonyl (C=O) groups excluding carboxylic acids is 3. The van der Waals surface area contributed by atoms with Crippen molar-refractivity contribution in [1.82, 2.24) is 0 Å². The number of carbonyl (C=O) groups is 3. The molecule has 4 rings (SSSR count). The van der Waals surface area contributed by atoms with Crippen molar-refractivity contribution >= 4 is 17.7 Å². The first kappa shape index (κ1) is 16.0. The summed E-state index contributed by atoms with van der Waals surface area (Å²) >= 11 is 0. The van der Waals surface area contributed by atoms with Crippen LogP contribution < -0.4 is 0 Å². The average molecular weight is 338 g/mol. The second-order valence-corrected chi connectivity index (χ2v) is 8.25. The molecule has 24 heavy (non-hydrogen) atoms. The standard InChI is InChI=1S/C17H22O7/c1-7-10(18)8(2)16-5-9(24-12(20)11(16)19)15(4,22)17(14(7,16)3)6-23-13(17)21/h7-9,11,19,22H,5-6H2,1-4H3. The highest BCUT2D eigenvalue weighted by Gasteiger charge is 2.88. The number of hydrogen-bond donors (Lipinski definition) is 2. The van der Waals surface area contributed by atoms with Crippen molar-refractivity contribution in [3.63, 3.8) is 0 Å². The zero-order valence-corrected chi connectivity index (χ0v) is 14.2. The molecule has 2 heterocycles. The highest BCUT2D eigenvalue weighted by Crippen LogP contribution is 2.77. The van der Waals surface area contributed by atoms with Gasteiger partial charge in [-0.2, -0.15) is 0 Å². The van der Waals surface area contributed by atoms with Crippen molar-refractivity contribution in [2.75, 3.05) is 6.61 Å². The van der Waals surface area contributed by atoms with Gasteiger partial charge < -0.3 is 19.7 Å². The van der Waals surface area contributed by atoms with Gasteiger partial charge in [-0.1, -0.05) is 20.8 Å². The van der Waals surface area contributed by atoms with Gasteiger partial charge in [-0.05, 0) is 13.3 Å². The minimum absolute atomic E-state index is 0.0534. The van der Waals surface area contributed by atoms with Crippen molar-refractivity contribution in [1.29, 1.82) is 0 Å². The van der Waals surface area contributed by atoms with E-state index in [1.165, 1.54) is 6.92 Å². The fraction of sp³-hybridized carbons (Fsp3) is 0.824. The van der Waals surface area contributed by atoms with E-state index in [-0.39, 0.29) is 18.8 Å². The van der Waals surface area contributed by atoms with Crippen LogP contribution in [0.1, 0.15) is 34.1 Å². The summed E-state index contributed by atoms with van der Waals surface area (Å²) in [4.78, 5) is 37.8. The van der Waals surface area contributed by atoms with Crippen LogP contribution in [-0.4, -0.2) is 52.4 Å². The maximum absolute atomic E-state index is 12.9. The van der Waals surface area contributed by atoms with E-state index in [0.29, 0.717) is 0 Å². The van der Waals surface area contributed by atoms with Crippen molar-refractivity contribution in [3.05, 3.63) is 0 Å². The molecule has 0 aromatic carbocycles. The van der Waals surface area contributed by atoms with E-state index in [1.807, 2.05) is 0 Å². The molecule has 0 aromatic rings. The molecule has 0 aromatic heterocycles. The molecule has 7 nitrogen and oxygen atoms in total. The maximum Gasteiger partial charge on any atom is 0.335 e. The zero-order chi connectivity index (χ0) is 17.9. The lowest BCUT2D eigenvalue weighted by Crippen LogP contribution is -2.83. The van der Waals surface area contributed by atoms with Crippen molar-refractivity contribution in [2.24, 2.45) is 28.1 Å². The van der Waals surface area contributed by atoms with E-state index in [1.54, 1.807) is 20.8 Å². The number of rotatable bonds is 0. The number of ketones is 1. The highest BCUT2D eigenvalue weighted by atomic mass is 16.6. The molecule has 2 aliphatic carbocycles. The minimum atomic E-state index is -1.67. The quantitative estimate of drug-likeness (QED) is 0.589. The van der Waals surface area contributed by atoms with Gasteiger partial charge in [0.15, 0.2) is 6.10 Å². The van der Waals surface area contributed by atoms with Crippen LogP contribution in [0.15, 0.2) is 0 Å². The third-order valence-corrected chi connectivity index (χ3v) is 8.10. The molecule has 2 N–H and O–H groups in total. The molecule has 7 heteroatoms. The van der Waals surface area contributed by atoms with Crippen LogP contribution in [0.4, 0.5) is 0 Å². The number of hydrogen-bond acceptors (Lipinski definition) is 7. The number of Topliss-reactive ketones (excluding diaryl/α,β-unsaturated/α-hetero) is 1. The molecule has 132 valence electrons. The molecule has 2 bridgehead atoms. The summed E-state index contributed by atoms with van der Waals surface area (Å²) in [5.74, 6) is -2.77. The van der Waals surface area contributed by atoms with Crippen LogP contribution in [0.25, 0.3) is 0 Å². The van der Waals surface area contributed by atoms with Crippen LogP contribution >= 0.6 is 0 Å². The molecule has 2 aliphatic heterocycles. The molecule has 0 amide bonds. The molecular weight excluding hydrogens is 316 g/mol. The number of fused-ring (bicyclic) bond motifs is 2.